The van der Waals surface area contributed by atoms with E-state index in [0.29, 0.717) is 29.8 Å². The Balaban J connectivity index is 1.66. The molecule has 0 aromatic heterocycles. The van der Waals surface area contributed by atoms with Crippen LogP contribution in [0.25, 0.3) is 0 Å². The highest BCUT2D eigenvalue weighted by Gasteiger charge is 2.31. The Morgan fingerprint density at radius 1 is 1.32 bits per heavy atom. The van der Waals surface area contributed by atoms with Gasteiger partial charge in [0.2, 0.25) is 5.96 Å². The zero-order valence-electron chi connectivity index (χ0n) is 14.5. The van der Waals surface area contributed by atoms with Crippen molar-refractivity contribution < 1.29 is 9.47 Å². The third kappa shape index (κ3) is 2.67. The average Bonchev–Trinajstić information content (AvgIpc) is 3.11. The molecule has 0 spiro atoms. The fourth-order valence-electron chi connectivity index (χ4n) is 3.35. The van der Waals surface area contributed by atoms with Crippen molar-refractivity contribution in [3.8, 4) is 11.5 Å². The molecule has 0 saturated heterocycles. The molecule has 1 atom stereocenters. The Labute approximate surface area is 147 Å². The summed E-state index contributed by atoms with van der Waals surface area (Å²) in [6.45, 7) is 4.24. The van der Waals surface area contributed by atoms with Crippen LogP contribution in [0.4, 0.5) is 5.69 Å². The van der Waals surface area contributed by atoms with Crippen molar-refractivity contribution in [2.24, 2.45) is 21.1 Å². The third-order valence-corrected chi connectivity index (χ3v) is 4.77. The van der Waals surface area contributed by atoms with Crippen molar-refractivity contribution >= 4 is 17.5 Å². The molecule has 2 aliphatic heterocycles. The van der Waals surface area contributed by atoms with Gasteiger partial charge in [0.1, 0.15) is 11.5 Å². The number of hydrogen-bond acceptors (Lipinski definition) is 6. The van der Waals surface area contributed by atoms with Gasteiger partial charge in [0, 0.05) is 17.5 Å². The first-order valence-corrected chi connectivity index (χ1v) is 8.46. The lowest BCUT2D eigenvalue weighted by atomic mass is 9.85. The highest BCUT2D eigenvalue weighted by atomic mass is 16.5. The van der Waals surface area contributed by atoms with Gasteiger partial charge in [0.25, 0.3) is 0 Å². The van der Waals surface area contributed by atoms with Crippen LogP contribution in [0.2, 0.25) is 0 Å². The number of ether oxygens (including phenoxy) is 2. The first-order chi connectivity index (χ1) is 12.1. The van der Waals surface area contributed by atoms with Crippen LogP contribution in [-0.4, -0.2) is 43.5 Å². The normalized spacial score (nSPS) is 23.7. The maximum absolute atomic E-state index is 6.11. The standard InChI is InChI=1S/C19H22N4O2/c1-19(8-4-3-5-9-19)12-25-14-7-6-13-15(16(14)24-2)22-18(20)23-11-10-21-17(13)23/h3-8H,9-12H2,1-2H3,(H2,20,22). The highest BCUT2D eigenvalue weighted by Crippen LogP contribution is 2.43. The summed E-state index contributed by atoms with van der Waals surface area (Å²) in [5.41, 5.74) is 7.70. The molecule has 0 fully saturated rings. The van der Waals surface area contributed by atoms with Crippen LogP contribution in [0.1, 0.15) is 18.9 Å². The Morgan fingerprint density at radius 3 is 2.96 bits per heavy atom. The van der Waals surface area contributed by atoms with Crippen LogP contribution >= 0.6 is 0 Å². The molecule has 0 saturated carbocycles. The van der Waals surface area contributed by atoms with Gasteiger partial charge in [0.15, 0.2) is 11.5 Å². The third-order valence-electron chi connectivity index (χ3n) is 4.77. The molecule has 6 heteroatoms. The van der Waals surface area contributed by atoms with Crippen molar-refractivity contribution in [2.75, 3.05) is 26.8 Å². The number of rotatable bonds is 4. The number of methoxy groups -OCH3 is 1. The molecule has 0 amide bonds. The molecule has 0 radical (unpaired) electrons. The second-order valence-electron chi connectivity index (χ2n) is 6.75. The molecule has 2 heterocycles. The summed E-state index contributed by atoms with van der Waals surface area (Å²) < 4.78 is 11.7. The number of nitrogens with two attached hydrogens (primary N) is 1. The van der Waals surface area contributed by atoms with Gasteiger partial charge in [-0.3, -0.25) is 9.89 Å². The van der Waals surface area contributed by atoms with Crippen LogP contribution in [0, 0.1) is 5.41 Å². The van der Waals surface area contributed by atoms with Gasteiger partial charge < -0.3 is 15.2 Å². The number of aliphatic imine (C=N–C) groups is 2. The van der Waals surface area contributed by atoms with Crippen molar-refractivity contribution in [3.05, 3.63) is 42.0 Å². The Kier molecular flexibility index (Phi) is 3.75. The van der Waals surface area contributed by atoms with Crippen molar-refractivity contribution in [1.82, 2.24) is 4.90 Å². The van der Waals surface area contributed by atoms with E-state index in [1.807, 2.05) is 17.0 Å². The quantitative estimate of drug-likeness (QED) is 0.916. The van der Waals surface area contributed by atoms with Crippen LogP contribution < -0.4 is 15.2 Å². The Bertz CT molecular complexity index is 825. The molecule has 2 N–H and O–H groups in total. The predicted molar refractivity (Wildman–Crippen MR) is 98.9 cm³/mol. The van der Waals surface area contributed by atoms with Gasteiger partial charge in [0.05, 0.1) is 20.3 Å². The molecule has 6 nitrogen and oxygen atoms in total. The summed E-state index contributed by atoms with van der Waals surface area (Å²) in [5, 5.41) is 0. The molecular formula is C19H22N4O2. The summed E-state index contributed by atoms with van der Waals surface area (Å²) in [7, 11) is 1.63. The summed E-state index contributed by atoms with van der Waals surface area (Å²) in [6.07, 6.45) is 9.42. The number of hydrogen-bond donors (Lipinski definition) is 1. The van der Waals surface area contributed by atoms with E-state index in [1.54, 1.807) is 7.11 Å². The largest absolute Gasteiger partial charge is 0.491 e. The van der Waals surface area contributed by atoms with Crippen LogP contribution in [0.5, 0.6) is 11.5 Å². The summed E-state index contributed by atoms with van der Waals surface area (Å²) in [5.74, 6) is 2.59. The fraction of sp³-hybridized carbons (Fsp3) is 0.368. The van der Waals surface area contributed by atoms with Gasteiger partial charge in [-0.2, -0.15) is 0 Å². The Hall–Kier alpha value is -2.76. The van der Waals surface area contributed by atoms with E-state index in [9.17, 15) is 0 Å². The molecule has 4 rings (SSSR count). The van der Waals surface area contributed by atoms with E-state index in [4.69, 9.17) is 15.2 Å². The van der Waals surface area contributed by atoms with Crippen molar-refractivity contribution in [2.45, 2.75) is 13.3 Å². The van der Waals surface area contributed by atoms with E-state index in [-0.39, 0.29) is 5.41 Å². The molecule has 0 bridgehead atoms. The van der Waals surface area contributed by atoms with Crippen molar-refractivity contribution in [1.29, 1.82) is 0 Å². The minimum atomic E-state index is -0.0235. The molecule has 130 valence electrons. The number of nitrogens with zero attached hydrogens (tertiary/aromatic N) is 3. The number of amidine groups is 1. The van der Waals surface area contributed by atoms with Gasteiger partial charge in [-0.25, -0.2) is 4.99 Å². The van der Waals surface area contributed by atoms with Gasteiger partial charge in [-0.05, 0) is 18.6 Å². The van der Waals surface area contributed by atoms with E-state index in [2.05, 4.69) is 41.2 Å². The highest BCUT2D eigenvalue weighted by molar-refractivity contribution is 6.16. The second kappa shape index (κ2) is 5.95. The van der Waals surface area contributed by atoms with Crippen molar-refractivity contribution in [3.63, 3.8) is 0 Å². The van der Waals surface area contributed by atoms with Crippen LogP contribution in [0.3, 0.4) is 0 Å². The van der Waals surface area contributed by atoms with E-state index in [0.717, 1.165) is 30.9 Å². The molecule has 25 heavy (non-hydrogen) atoms. The number of guanidine groups is 1. The van der Waals surface area contributed by atoms with E-state index < -0.39 is 0 Å². The minimum absolute atomic E-state index is 0.0235. The SMILES string of the molecule is COc1c(OCC2(C)C=CC=CC2)ccc2c1N=C(N)N1CCN=C21. The van der Waals surface area contributed by atoms with E-state index >= 15 is 0 Å². The topological polar surface area (TPSA) is 72.4 Å². The average molecular weight is 338 g/mol. The summed E-state index contributed by atoms with van der Waals surface area (Å²) in [6, 6.07) is 3.92. The Morgan fingerprint density at radius 2 is 2.20 bits per heavy atom. The molecule has 1 aliphatic carbocycles. The van der Waals surface area contributed by atoms with Crippen LogP contribution in [0.15, 0.2) is 46.4 Å². The molecule has 1 aromatic carbocycles. The van der Waals surface area contributed by atoms with E-state index in [1.165, 1.54) is 0 Å². The van der Waals surface area contributed by atoms with Crippen LogP contribution in [-0.2, 0) is 0 Å². The molecule has 3 aliphatic rings. The predicted octanol–water partition coefficient (Wildman–Crippen LogP) is 2.62. The lowest BCUT2D eigenvalue weighted by molar-refractivity contribution is 0.200. The summed E-state index contributed by atoms with van der Waals surface area (Å²) >= 11 is 0. The van der Waals surface area contributed by atoms with Gasteiger partial charge in [-0.15, -0.1) is 0 Å². The summed E-state index contributed by atoms with van der Waals surface area (Å²) in [4.78, 5) is 11.0. The zero-order chi connectivity index (χ0) is 17.4. The first-order valence-electron chi connectivity index (χ1n) is 8.46. The fourth-order valence-corrected chi connectivity index (χ4v) is 3.35. The molecular weight excluding hydrogens is 316 g/mol. The molecule has 1 aromatic rings. The van der Waals surface area contributed by atoms with Gasteiger partial charge in [-0.1, -0.05) is 31.2 Å². The second-order valence-corrected chi connectivity index (χ2v) is 6.75. The monoisotopic (exact) mass is 338 g/mol. The maximum atomic E-state index is 6.11. The molecule has 1 unspecified atom stereocenters. The lowest BCUT2D eigenvalue weighted by Crippen LogP contribution is -2.42. The lowest BCUT2D eigenvalue weighted by Gasteiger charge is -2.28. The maximum Gasteiger partial charge on any atom is 0.202 e. The number of benzene rings is 1. The first kappa shape index (κ1) is 15.7. The minimum Gasteiger partial charge on any atom is -0.491 e. The number of allylic oxidation sites excluding steroid dienone is 3. The van der Waals surface area contributed by atoms with Gasteiger partial charge >= 0.3 is 0 Å². The number of fused-ring (bicyclic) bond motifs is 3. The zero-order valence-corrected chi connectivity index (χ0v) is 14.5. The smallest absolute Gasteiger partial charge is 0.202 e.